The van der Waals surface area contributed by atoms with Gasteiger partial charge in [-0.05, 0) is 47.7 Å². The fourth-order valence-electron chi connectivity index (χ4n) is 3.40. The van der Waals surface area contributed by atoms with E-state index in [1.165, 1.54) is 6.07 Å². The fourth-order valence-corrected chi connectivity index (χ4v) is 3.82. The van der Waals surface area contributed by atoms with Crippen molar-refractivity contribution < 1.29 is 17.8 Å². The highest BCUT2D eigenvalue weighted by Crippen LogP contribution is 2.30. The van der Waals surface area contributed by atoms with Crippen molar-refractivity contribution in [2.75, 3.05) is 11.5 Å². The van der Waals surface area contributed by atoms with E-state index < -0.39 is 10.1 Å². The van der Waals surface area contributed by atoms with Gasteiger partial charge < -0.3 is 11.5 Å². The summed E-state index contributed by atoms with van der Waals surface area (Å²) in [5.74, 6) is -0.340. The van der Waals surface area contributed by atoms with Crippen LogP contribution in [0.5, 0.6) is 0 Å². The summed E-state index contributed by atoms with van der Waals surface area (Å²) in [6.07, 6.45) is 2.42. The fraction of sp³-hybridized carbons (Fsp3) is 0.120. The summed E-state index contributed by atoms with van der Waals surface area (Å²) in [5.41, 5.74) is 14.4. The number of rotatable bonds is 5. The minimum absolute atomic E-state index is 0.0874. The van der Waals surface area contributed by atoms with Crippen LogP contribution in [0.25, 0.3) is 10.8 Å². The first-order valence-electron chi connectivity index (χ1n) is 10.3. The van der Waals surface area contributed by atoms with Crippen LogP contribution in [0.15, 0.2) is 83.9 Å². The molecule has 0 radical (unpaired) electrons. The summed E-state index contributed by atoms with van der Waals surface area (Å²) in [6, 6.07) is 21.3. The molecule has 3 aromatic carbocycles. The van der Waals surface area contributed by atoms with Gasteiger partial charge in [-0.15, -0.1) is 0 Å². The maximum atomic E-state index is 13.0. The van der Waals surface area contributed by atoms with Gasteiger partial charge in [0.15, 0.2) is 0 Å². The van der Waals surface area contributed by atoms with E-state index in [-0.39, 0.29) is 16.4 Å². The summed E-state index contributed by atoms with van der Waals surface area (Å²) >= 11 is 0. The number of benzene rings is 3. The van der Waals surface area contributed by atoms with Crippen molar-refractivity contribution in [1.29, 1.82) is 0 Å². The van der Waals surface area contributed by atoms with Gasteiger partial charge in [-0.1, -0.05) is 55.8 Å². The Kier molecular flexibility index (Phi) is 7.42. The summed E-state index contributed by atoms with van der Waals surface area (Å²) in [5, 5.41) is 1.74. The van der Waals surface area contributed by atoms with Crippen molar-refractivity contribution in [2.24, 2.45) is 0 Å². The van der Waals surface area contributed by atoms with Gasteiger partial charge >= 0.3 is 0 Å². The van der Waals surface area contributed by atoms with Gasteiger partial charge in [0, 0.05) is 28.5 Å². The molecule has 0 fully saturated rings. The van der Waals surface area contributed by atoms with Gasteiger partial charge in [0.2, 0.25) is 5.78 Å². The average Bonchev–Trinajstić information content (AvgIpc) is 2.81. The molecule has 4 rings (SSSR count). The topological polar surface area (TPSA) is 136 Å². The SMILES string of the molecule is CCCc1c(C(=O)c2ccc(S(=O)(=O)O)cn2)cc2ccccc2c1N.Nc1ccccc1. The molecule has 0 aliphatic carbocycles. The third-order valence-corrected chi connectivity index (χ3v) is 5.85. The number of carbonyl (C=O) groups excluding carboxylic acids is 1. The predicted molar refractivity (Wildman–Crippen MR) is 131 cm³/mol. The number of aromatic nitrogens is 1. The highest BCUT2D eigenvalue weighted by atomic mass is 32.2. The van der Waals surface area contributed by atoms with Crippen LogP contribution in [0.2, 0.25) is 0 Å². The number of ketones is 1. The summed E-state index contributed by atoms with van der Waals surface area (Å²) in [4.78, 5) is 16.5. The zero-order valence-corrected chi connectivity index (χ0v) is 18.9. The van der Waals surface area contributed by atoms with E-state index in [2.05, 4.69) is 4.98 Å². The number of pyridine rings is 1. The van der Waals surface area contributed by atoms with Gasteiger partial charge in [0.1, 0.15) is 10.6 Å². The Morgan fingerprint density at radius 3 is 2.18 bits per heavy atom. The first kappa shape index (κ1) is 23.9. The Morgan fingerprint density at radius 2 is 1.64 bits per heavy atom. The lowest BCUT2D eigenvalue weighted by Crippen LogP contribution is -2.11. The monoisotopic (exact) mass is 463 g/mol. The molecular formula is C25H25N3O4S. The number of anilines is 2. The van der Waals surface area contributed by atoms with E-state index in [0.717, 1.165) is 40.7 Å². The van der Waals surface area contributed by atoms with Gasteiger partial charge in [0.25, 0.3) is 10.1 Å². The standard InChI is InChI=1S/C19H18N2O4S.C6H7N/c1-2-5-15-16(10-12-6-3-4-7-14(12)18(15)20)19(22)17-9-8-13(11-21-17)26(23,24)25;7-6-4-2-1-3-5-6/h3-4,6-11H,2,5,20H2,1H3,(H,23,24,25);1-5H,7H2. The van der Waals surface area contributed by atoms with Crippen molar-refractivity contribution in [1.82, 2.24) is 4.98 Å². The highest BCUT2D eigenvalue weighted by molar-refractivity contribution is 7.85. The molecule has 0 atom stereocenters. The van der Waals surface area contributed by atoms with E-state index in [9.17, 15) is 13.2 Å². The maximum Gasteiger partial charge on any atom is 0.296 e. The molecule has 170 valence electrons. The molecule has 0 bridgehead atoms. The Morgan fingerprint density at radius 1 is 0.970 bits per heavy atom. The van der Waals surface area contributed by atoms with Gasteiger partial charge in [-0.3, -0.25) is 14.3 Å². The van der Waals surface area contributed by atoms with Gasteiger partial charge in [-0.25, -0.2) is 0 Å². The van der Waals surface area contributed by atoms with Crippen molar-refractivity contribution in [3.05, 3.63) is 95.8 Å². The molecule has 1 aromatic heterocycles. The Bertz CT molecular complexity index is 1370. The Hall–Kier alpha value is -3.75. The number of carbonyl (C=O) groups is 1. The molecule has 33 heavy (non-hydrogen) atoms. The van der Waals surface area contributed by atoms with Crippen molar-refractivity contribution in [3.63, 3.8) is 0 Å². The van der Waals surface area contributed by atoms with Crippen LogP contribution in [0.4, 0.5) is 11.4 Å². The average molecular weight is 464 g/mol. The normalized spacial score (nSPS) is 11.0. The molecule has 7 nitrogen and oxygen atoms in total. The molecule has 0 unspecified atom stereocenters. The second-order valence-electron chi connectivity index (χ2n) is 7.38. The van der Waals surface area contributed by atoms with Crippen LogP contribution in [-0.2, 0) is 16.5 Å². The van der Waals surface area contributed by atoms with Gasteiger partial charge in [0.05, 0.1) is 0 Å². The molecule has 5 N–H and O–H groups in total. The lowest BCUT2D eigenvalue weighted by atomic mass is 9.92. The van der Waals surface area contributed by atoms with E-state index >= 15 is 0 Å². The minimum atomic E-state index is -4.36. The second-order valence-corrected chi connectivity index (χ2v) is 8.80. The number of hydrogen-bond acceptors (Lipinski definition) is 6. The Balaban J connectivity index is 0.000000374. The predicted octanol–water partition coefficient (Wildman–Crippen LogP) is 4.52. The van der Waals surface area contributed by atoms with Crippen LogP contribution >= 0.6 is 0 Å². The molecule has 0 amide bonds. The van der Waals surface area contributed by atoms with Crippen LogP contribution in [0.3, 0.4) is 0 Å². The molecule has 4 aromatic rings. The van der Waals surface area contributed by atoms with Gasteiger partial charge in [-0.2, -0.15) is 8.42 Å². The first-order chi connectivity index (χ1) is 15.7. The third-order valence-electron chi connectivity index (χ3n) is 5.01. The van der Waals surface area contributed by atoms with E-state index in [1.54, 1.807) is 6.07 Å². The number of para-hydroxylation sites is 1. The number of fused-ring (bicyclic) bond motifs is 1. The highest BCUT2D eigenvalue weighted by Gasteiger charge is 2.20. The van der Waals surface area contributed by atoms with E-state index in [4.69, 9.17) is 16.0 Å². The lowest BCUT2D eigenvalue weighted by Gasteiger charge is -2.14. The quantitative estimate of drug-likeness (QED) is 0.225. The van der Waals surface area contributed by atoms with Crippen LogP contribution in [0.1, 0.15) is 35.0 Å². The van der Waals surface area contributed by atoms with E-state index in [1.807, 2.05) is 61.5 Å². The Labute approximate surface area is 192 Å². The summed E-state index contributed by atoms with van der Waals surface area (Å²) < 4.78 is 31.3. The maximum absolute atomic E-state index is 13.0. The zero-order valence-electron chi connectivity index (χ0n) is 18.1. The van der Waals surface area contributed by atoms with Crippen molar-refractivity contribution >= 4 is 38.0 Å². The molecule has 0 saturated carbocycles. The lowest BCUT2D eigenvalue weighted by molar-refractivity contribution is 0.103. The van der Waals surface area contributed by atoms with Crippen LogP contribution < -0.4 is 11.5 Å². The molecule has 1 heterocycles. The van der Waals surface area contributed by atoms with E-state index in [0.29, 0.717) is 17.7 Å². The molecule has 8 heteroatoms. The molecule has 0 spiro atoms. The first-order valence-corrected chi connectivity index (χ1v) is 11.7. The molecule has 0 aliphatic heterocycles. The largest absolute Gasteiger partial charge is 0.399 e. The van der Waals surface area contributed by atoms with Crippen LogP contribution in [0, 0.1) is 0 Å². The van der Waals surface area contributed by atoms with Crippen molar-refractivity contribution in [3.8, 4) is 0 Å². The number of nitrogens with zero attached hydrogens (tertiary/aromatic N) is 1. The molecule has 0 saturated heterocycles. The zero-order chi connectivity index (χ0) is 24.0. The second kappa shape index (κ2) is 10.2. The van der Waals surface area contributed by atoms with Crippen molar-refractivity contribution in [2.45, 2.75) is 24.7 Å². The smallest absolute Gasteiger partial charge is 0.296 e. The summed E-state index contributed by atoms with van der Waals surface area (Å²) in [7, 11) is -4.36. The summed E-state index contributed by atoms with van der Waals surface area (Å²) in [6.45, 7) is 2.00. The molecule has 0 aliphatic rings. The van der Waals surface area contributed by atoms with Crippen LogP contribution in [-0.4, -0.2) is 23.7 Å². The molecular weight excluding hydrogens is 438 g/mol. The number of nitrogens with two attached hydrogens (primary N) is 2. The minimum Gasteiger partial charge on any atom is -0.399 e. The number of nitrogen functional groups attached to an aromatic ring is 2. The third kappa shape index (κ3) is 5.74. The number of hydrogen-bond donors (Lipinski definition) is 3.